The van der Waals surface area contributed by atoms with Gasteiger partial charge in [-0.2, -0.15) is 0 Å². The van der Waals surface area contributed by atoms with Gasteiger partial charge >= 0.3 is 0 Å². The van der Waals surface area contributed by atoms with Crippen LogP contribution in [0.2, 0.25) is 0 Å². The molecule has 1 aliphatic heterocycles. The van der Waals surface area contributed by atoms with E-state index < -0.39 is 0 Å². The molecule has 0 radical (unpaired) electrons. The first-order chi connectivity index (χ1) is 12.2. The summed E-state index contributed by atoms with van der Waals surface area (Å²) in [5.41, 5.74) is 0. The van der Waals surface area contributed by atoms with E-state index in [-0.39, 0.29) is 23.7 Å². The Kier molecular flexibility index (Phi) is 5.73. The number of hydrogen-bond donors (Lipinski definition) is 1. The van der Waals surface area contributed by atoms with Crippen LogP contribution in [0.1, 0.15) is 31.4 Å². The zero-order chi connectivity index (χ0) is 17.6. The molecule has 1 saturated carbocycles. The van der Waals surface area contributed by atoms with Crippen molar-refractivity contribution < 1.29 is 18.8 Å². The first-order valence-electron chi connectivity index (χ1n) is 8.95. The van der Waals surface area contributed by atoms with E-state index in [4.69, 9.17) is 4.42 Å². The molecule has 1 saturated heterocycles. The van der Waals surface area contributed by atoms with Crippen molar-refractivity contribution >= 4 is 18.2 Å². The van der Waals surface area contributed by atoms with E-state index >= 15 is 0 Å². The second-order valence-electron chi connectivity index (χ2n) is 6.81. The van der Waals surface area contributed by atoms with Crippen LogP contribution in [0.15, 0.2) is 22.8 Å². The molecule has 3 rings (SSSR count). The first-order valence-corrected chi connectivity index (χ1v) is 8.95. The third-order valence-electron chi connectivity index (χ3n) is 5.24. The summed E-state index contributed by atoms with van der Waals surface area (Å²) in [6.07, 6.45) is 5.43. The molecular formula is C18H25N3O4. The molecule has 3 amide bonds. The SMILES string of the molecule is O=CN1CCN(C(=O)C2CCC(C(=O)NCc3ccco3)CC2)CC1. The number of hydrogen-bond acceptors (Lipinski definition) is 4. The van der Waals surface area contributed by atoms with Crippen molar-refractivity contribution in [3.8, 4) is 0 Å². The average molecular weight is 347 g/mol. The standard InChI is InChI=1S/C18H25N3O4/c22-13-20-7-9-21(10-8-20)18(24)15-5-3-14(4-6-15)17(23)19-12-16-2-1-11-25-16/h1-2,11,13-15H,3-10,12H2,(H,19,23). The van der Waals surface area contributed by atoms with Gasteiger partial charge in [0.25, 0.3) is 0 Å². The van der Waals surface area contributed by atoms with Crippen LogP contribution in [0.25, 0.3) is 0 Å². The van der Waals surface area contributed by atoms with Gasteiger partial charge in [-0.15, -0.1) is 0 Å². The lowest BCUT2D eigenvalue weighted by atomic mass is 9.81. The van der Waals surface area contributed by atoms with Crippen LogP contribution >= 0.6 is 0 Å². The van der Waals surface area contributed by atoms with E-state index in [2.05, 4.69) is 5.32 Å². The summed E-state index contributed by atoms with van der Waals surface area (Å²) < 4.78 is 5.21. The second kappa shape index (κ2) is 8.18. The quantitative estimate of drug-likeness (QED) is 0.806. The van der Waals surface area contributed by atoms with Crippen molar-refractivity contribution in [1.82, 2.24) is 15.1 Å². The number of nitrogens with one attached hydrogen (secondary N) is 1. The fourth-order valence-corrected chi connectivity index (χ4v) is 3.64. The second-order valence-corrected chi connectivity index (χ2v) is 6.81. The summed E-state index contributed by atoms with van der Waals surface area (Å²) in [5.74, 6) is 0.955. The largest absolute Gasteiger partial charge is 0.467 e. The number of rotatable bonds is 5. The van der Waals surface area contributed by atoms with Gasteiger partial charge in [0.2, 0.25) is 18.2 Å². The Morgan fingerprint density at radius 3 is 2.40 bits per heavy atom. The molecule has 1 N–H and O–H groups in total. The van der Waals surface area contributed by atoms with Crippen molar-refractivity contribution in [2.45, 2.75) is 32.2 Å². The maximum Gasteiger partial charge on any atom is 0.225 e. The van der Waals surface area contributed by atoms with Crippen molar-refractivity contribution in [3.63, 3.8) is 0 Å². The minimum absolute atomic E-state index is 0.0110. The molecule has 25 heavy (non-hydrogen) atoms. The van der Waals surface area contributed by atoms with E-state index in [0.29, 0.717) is 32.7 Å². The van der Waals surface area contributed by atoms with E-state index in [9.17, 15) is 14.4 Å². The number of carbonyl (C=O) groups excluding carboxylic acids is 3. The van der Waals surface area contributed by atoms with Crippen LogP contribution in [-0.2, 0) is 20.9 Å². The van der Waals surface area contributed by atoms with Gasteiger partial charge in [-0.05, 0) is 37.8 Å². The Bertz CT molecular complexity index is 585. The first kappa shape index (κ1) is 17.5. The van der Waals surface area contributed by atoms with E-state index in [1.807, 2.05) is 11.0 Å². The fraction of sp³-hybridized carbons (Fsp3) is 0.611. The highest BCUT2D eigenvalue weighted by Crippen LogP contribution is 2.30. The smallest absolute Gasteiger partial charge is 0.225 e. The van der Waals surface area contributed by atoms with Crippen molar-refractivity contribution in [2.24, 2.45) is 11.8 Å². The predicted octanol–water partition coefficient (Wildman–Crippen LogP) is 1.00. The molecule has 1 aromatic heterocycles. The topological polar surface area (TPSA) is 82.9 Å². The summed E-state index contributed by atoms with van der Waals surface area (Å²) in [6.45, 7) is 2.85. The monoisotopic (exact) mass is 347 g/mol. The molecule has 0 aromatic carbocycles. The molecule has 2 aliphatic rings. The van der Waals surface area contributed by atoms with Gasteiger partial charge in [-0.25, -0.2) is 0 Å². The zero-order valence-electron chi connectivity index (χ0n) is 14.4. The summed E-state index contributed by atoms with van der Waals surface area (Å²) in [7, 11) is 0. The van der Waals surface area contributed by atoms with Gasteiger partial charge in [-0.3, -0.25) is 14.4 Å². The molecule has 0 unspecified atom stereocenters. The minimum Gasteiger partial charge on any atom is -0.467 e. The maximum absolute atomic E-state index is 12.6. The molecule has 7 nitrogen and oxygen atoms in total. The Balaban J connectivity index is 1.41. The molecule has 0 atom stereocenters. The van der Waals surface area contributed by atoms with E-state index in [0.717, 1.165) is 37.9 Å². The summed E-state index contributed by atoms with van der Waals surface area (Å²) in [4.78, 5) is 39.2. The van der Waals surface area contributed by atoms with Gasteiger partial charge < -0.3 is 19.5 Å². The van der Waals surface area contributed by atoms with Crippen molar-refractivity contribution in [1.29, 1.82) is 0 Å². The van der Waals surface area contributed by atoms with Crippen LogP contribution in [0, 0.1) is 11.8 Å². The highest BCUT2D eigenvalue weighted by Gasteiger charge is 2.33. The highest BCUT2D eigenvalue weighted by molar-refractivity contribution is 5.81. The van der Waals surface area contributed by atoms with Crippen LogP contribution in [0.4, 0.5) is 0 Å². The Morgan fingerprint density at radius 2 is 1.80 bits per heavy atom. The number of furan rings is 1. The average Bonchev–Trinajstić information content (AvgIpc) is 3.19. The maximum atomic E-state index is 12.6. The molecule has 2 heterocycles. The fourth-order valence-electron chi connectivity index (χ4n) is 3.64. The van der Waals surface area contributed by atoms with Gasteiger partial charge in [0.1, 0.15) is 5.76 Å². The zero-order valence-corrected chi connectivity index (χ0v) is 14.4. The Labute approximate surface area is 147 Å². The molecular weight excluding hydrogens is 322 g/mol. The van der Waals surface area contributed by atoms with Gasteiger partial charge in [0.15, 0.2) is 0 Å². The molecule has 2 fully saturated rings. The van der Waals surface area contributed by atoms with Crippen LogP contribution in [0.3, 0.4) is 0 Å². The van der Waals surface area contributed by atoms with Crippen molar-refractivity contribution in [2.75, 3.05) is 26.2 Å². The minimum atomic E-state index is -0.0223. The molecule has 1 aliphatic carbocycles. The lowest BCUT2D eigenvalue weighted by molar-refractivity contribution is -0.141. The van der Waals surface area contributed by atoms with Gasteiger partial charge in [0.05, 0.1) is 12.8 Å². The highest BCUT2D eigenvalue weighted by atomic mass is 16.3. The number of carbonyl (C=O) groups is 3. The Morgan fingerprint density at radius 1 is 1.12 bits per heavy atom. The van der Waals surface area contributed by atoms with Crippen LogP contribution in [-0.4, -0.2) is 54.2 Å². The summed E-state index contributed by atoms with van der Waals surface area (Å²) in [5, 5.41) is 2.91. The van der Waals surface area contributed by atoms with Gasteiger partial charge in [-0.1, -0.05) is 0 Å². The lowest BCUT2D eigenvalue weighted by Crippen LogP contribution is -2.50. The molecule has 136 valence electrons. The number of piperazine rings is 1. The Hall–Kier alpha value is -2.31. The summed E-state index contributed by atoms with van der Waals surface area (Å²) in [6, 6.07) is 3.63. The molecule has 1 aromatic rings. The summed E-state index contributed by atoms with van der Waals surface area (Å²) >= 11 is 0. The van der Waals surface area contributed by atoms with Crippen LogP contribution in [0.5, 0.6) is 0 Å². The normalized spacial score (nSPS) is 24.0. The predicted molar refractivity (Wildman–Crippen MR) is 90.2 cm³/mol. The third kappa shape index (κ3) is 4.41. The number of amides is 3. The molecule has 0 bridgehead atoms. The third-order valence-corrected chi connectivity index (χ3v) is 5.24. The number of nitrogens with zero attached hydrogens (tertiary/aromatic N) is 2. The van der Waals surface area contributed by atoms with E-state index in [1.54, 1.807) is 17.2 Å². The lowest BCUT2D eigenvalue weighted by Gasteiger charge is -2.36. The molecule has 0 spiro atoms. The van der Waals surface area contributed by atoms with Crippen LogP contribution < -0.4 is 5.32 Å². The van der Waals surface area contributed by atoms with Crippen molar-refractivity contribution in [3.05, 3.63) is 24.2 Å². The molecule has 7 heteroatoms. The van der Waals surface area contributed by atoms with Gasteiger partial charge in [0, 0.05) is 38.0 Å². The van der Waals surface area contributed by atoms with E-state index in [1.165, 1.54) is 0 Å².